The highest BCUT2D eigenvalue weighted by molar-refractivity contribution is 5.98. The summed E-state index contributed by atoms with van der Waals surface area (Å²) in [5.41, 5.74) is 3.77. The summed E-state index contributed by atoms with van der Waals surface area (Å²) in [6.07, 6.45) is 0.640. The Kier molecular flexibility index (Phi) is 6.29. The molecule has 0 bridgehead atoms. The average molecular weight is 417 g/mol. The third-order valence-electron chi connectivity index (χ3n) is 5.54. The van der Waals surface area contributed by atoms with Gasteiger partial charge in [-0.3, -0.25) is 9.59 Å². The molecule has 158 valence electrons. The summed E-state index contributed by atoms with van der Waals surface area (Å²) in [4.78, 5) is 26.3. The zero-order valence-corrected chi connectivity index (χ0v) is 17.4. The van der Waals surface area contributed by atoms with Crippen LogP contribution in [0.25, 0.3) is 0 Å². The van der Waals surface area contributed by atoms with Gasteiger partial charge in [-0.2, -0.15) is 0 Å². The van der Waals surface area contributed by atoms with Crippen molar-refractivity contribution in [1.82, 2.24) is 5.32 Å². The second-order valence-corrected chi connectivity index (χ2v) is 7.59. The molecule has 0 saturated heterocycles. The predicted molar refractivity (Wildman–Crippen MR) is 119 cm³/mol. The fraction of sp³-hybridized carbons (Fsp3) is 0.200. The van der Waals surface area contributed by atoms with Crippen molar-refractivity contribution < 1.29 is 19.6 Å². The summed E-state index contributed by atoms with van der Waals surface area (Å²) in [5.74, 6) is 0.196. The van der Waals surface area contributed by atoms with Crippen molar-refractivity contribution in [3.8, 4) is 5.75 Å². The van der Waals surface area contributed by atoms with E-state index in [0.29, 0.717) is 17.9 Å². The van der Waals surface area contributed by atoms with E-state index in [4.69, 9.17) is 4.74 Å². The molecule has 0 aromatic heterocycles. The number of rotatable bonds is 6. The highest BCUT2D eigenvalue weighted by atomic mass is 16.5. The quantitative estimate of drug-likeness (QED) is 0.576. The highest BCUT2D eigenvalue weighted by Gasteiger charge is 2.31. The van der Waals surface area contributed by atoms with Gasteiger partial charge < -0.3 is 20.7 Å². The maximum absolute atomic E-state index is 13.2. The molecule has 6 heteroatoms. The van der Waals surface area contributed by atoms with Gasteiger partial charge in [-0.05, 0) is 23.3 Å². The first-order valence-corrected chi connectivity index (χ1v) is 10.3. The van der Waals surface area contributed by atoms with Gasteiger partial charge in [0.25, 0.3) is 11.8 Å². The number of hydrogen-bond donors (Lipinski definition) is 3. The fourth-order valence-electron chi connectivity index (χ4n) is 3.86. The third-order valence-corrected chi connectivity index (χ3v) is 5.54. The first-order valence-electron chi connectivity index (χ1n) is 10.3. The SMILES string of the molecule is COc1cccc(NC(=O)[C@H](NC(=O)[C@@H]2Cc3ccccc3C[NH2+]2)c2ccccc2)c1. The second kappa shape index (κ2) is 9.45. The van der Waals surface area contributed by atoms with E-state index >= 15 is 0 Å². The number of fused-ring (bicyclic) bond motifs is 1. The van der Waals surface area contributed by atoms with Gasteiger partial charge in [0.1, 0.15) is 18.3 Å². The molecule has 0 radical (unpaired) electrons. The Morgan fingerprint density at radius 2 is 1.71 bits per heavy atom. The largest absolute Gasteiger partial charge is 0.497 e. The molecule has 0 unspecified atom stereocenters. The molecule has 3 aromatic rings. The molecule has 0 spiro atoms. The first-order chi connectivity index (χ1) is 15.1. The number of amides is 2. The van der Waals surface area contributed by atoms with Crippen LogP contribution in [0.3, 0.4) is 0 Å². The van der Waals surface area contributed by atoms with E-state index < -0.39 is 6.04 Å². The normalized spacial score (nSPS) is 16.0. The van der Waals surface area contributed by atoms with Crippen LogP contribution in [0.2, 0.25) is 0 Å². The summed E-state index contributed by atoms with van der Waals surface area (Å²) in [5, 5.41) is 7.89. The van der Waals surface area contributed by atoms with E-state index in [2.05, 4.69) is 22.8 Å². The number of methoxy groups -OCH3 is 1. The Hall–Kier alpha value is -3.64. The Labute approximate surface area is 181 Å². The number of anilines is 1. The molecular weight excluding hydrogens is 390 g/mol. The maximum atomic E-state index is 13.2. The lowest BCUT2D eigenvalue weighted by Crippen LogP contribution is -2.93. The van der Waals surface area contributed by atoms with Crippen molar-refractivity contribution in [1.29, 1.82) is 0 Å². The molecule has 31 heavy (non-hydrogen) atoms. The molecule has 6 nitrogen and oxygen atoms in total. The number of hydrogen-bond acceptors (Lipinski definition) is 3. The molecule has 0 saturated carbocycles. The maximum Gasteiger partial charge on any atom is 0.279 e. The van der Waals surface area contributed by atoms with E-state index in [0.717, 1.165) is 12.1 Å². The summed E-state index contributed by atoms with van der Waals surface area (Å²) in [6.45, 7) is 0.750. The fourth-order valence-corrected chi connectivity index (χ4v) is 3.86. The van der Waals surface area contributed by atoms with E-state index in [1.807, 2.05) is 53.8 Å². The van der Waals surface area contributed by atoms with Crippen LogP contribution in [-0.4, -0.2) is 25.0 Å². The Morgan fingerprint density at radius 1 is 0.968 bits per heavy atom. The minimum Gasteiger partial charge on any atom is -0.497 e. The van der Waals surface area contributed by atoms with Crippen LogP contribution in [0.1, 0.15) is 22.7 Å². The van der Waals surface area contributed by atoms with Gasteiger partial charge in [0.15, 0.2) is 6.04 Å². The van der Waals surface area contributed by atoms with Crippen LogP contribution < -0.4 is 20.7 Å². The molecule has 4 N–H and O–H groups in total. The van der Waals surface area contributed by atoms with E-state index in [1.54, 1.807) is 25.3 Å². The molecule has 1 aliphatic rings. The van der Waals surface area contributed by atoms with Gasteiger partial charge in [0.05, 0.1) is 7.11 Å². The number of nitrogens with one attached hydrogen (secondary N) is 2. The van der Waals surface area contributed by atoms with Crippen molar-refractivity contribution in [2.24, 2.45) is 0 Å². The third kappa shape index (κ3) is 4.92. The van der Waals surface area contributed by atoms with Gasteiger partial charge in [-0.15, -0.1) is 0 Å². The molecule has 3 aromatic carbocycles. The number of carbonyl (C=O) groups excluding carboxylic acids is 2. The van der Waals surface area contributed by atoms with Crippen molar-refractivity contribution >= 4 is 17.5 Å². The molecule has 2 atom stereocenters. The average Bonchev–Trinajstić information content (AvgIpc) is 2.82. The summed E-state index contributed by atoms with van der Waals surface area (Å²) < 4.78 is 5.23. The van der Waals surface area contributed by atoms with Gasteiger partial charge in [0.2, 0.25) is 0 Å². The van der Waals surface area contributed by atoms with Gasteiger partial charge in [-0.1, -0.05) is 60.7 Å². The van der Waals surface area contributed by atoms with Crippen LogP contribution in [0.15, 0.2) is 78.9 Å². The van der Waals surface area contributed by atoms with Gasteiger partial charge in [0, 0.05) is 23.7 Å². The summed E-state index contributed by atoms with van der Waals surface area (Å²) in [7, 11) is 1.58. The van der Waals surface area contributed by atoms with Crippen molar-refractivity contribution in [2.45, 2.75) is 25.0 Å². The molecule has 0 fully saturated rings. The molecule has 4 rings (SSSR count). The number of benzene rings is 3. The minimum absolute atomic E-state index is 0.149. The summed E-state index contributed by atoms with van der Waals surface area (Å²) in [6, 6.07) is 23.5. The van der Waals surface area contributed by atoms with Gasteiger partial charge >= 0.3 is 0 Å². The highest BCUT2D eigenvalue weighted by Crippen LogP contribution is 2.20. The van der Waals surface area contributed by atoms with E-state index in [-0.39, 0.29) is 17.9 Å². The molecule has 1 heterocycles. The van der Waals surface area contributed by atoms with Crippen LogP contribution in [0.4, 0.5) is 5.69 Å². The van der Waals surface area contributed by atoms with Crippen molar-refractivity contribution in [2.75, 3.05) is 12.4 Å². The molecule has 0 aliphatic carbocycles. The van der Waals surface area contributed by atoms with Crippen molar-refractivity contribution in [3.05, 3.63) is 95.6 Å². The molecular formula is C25H26N3O3+. The lowest BCUT2D eigenvalue weighted by molar-refractivity contribution is -0.695. The Bertz CT molecular complexity index is 1070. The van der Waals surface area contributed by atoms with Crippen LogP contribution in [-0.2, 0) is 22.6 Å². The first kappa shape index (κ1) is 20.6. The van der Waals surface area contributed by atoms with Gasteiger partial charge in [-0.25, -0.2) is 0 Å². The second-order valence-electron chi connectivity index (χ2n) is 7.59. The number of nitrogens with two attached hydrogens (primary N) is 1. The Morgan fingerprint density at radius 3 is 2.48 bits per heavy atom. The summed E-state index contributed by atoms with van der Waals surface area (Å²) >= 11 is 0. The van der Waals surface area contributed by atoms with E-state index in [9.17, 15) is 9.59 Å². The lowest BCUT2D eigenvalue weighted by Gasteiger charge is -2.25. The standard InChI is InChI=1S/C25H25N3O3/c1-31-21-13-7-12-20(15-21)27-25(30)23(17-8-3-2-4-9-17)28-24(29)22-14-18-10-5-6-11-19(18)16-26-22/h2-13,15,22-23,26H,14,16H2,1H3,(H,27,30)(H,28,29)/p+1/t22-,23+/m0/s1. The number of quaternary nitrogens is 1. The predicted octanol–water partition coefficient (Wildman–Crippen LogP) is 2.18. The molecule has 2 amide bonds. The number of ether oxygens (including phenoxy) is 1. The minimum atomic E-state index is -0.800. The zero-order chi connectivity index (χ0) is 21.6. The van der Waals surface area contributed by atoms with Crippen LogP contribution in [0, 0.1) is 0 Å². The zero-order valence-electron chi connectivity index (χ0n) is 17.4. The van der Waals surface area contributed by atoms with Crippen molar-refractivity contribution in [3.63, 3.8) is 0 Å². The monoisotopic (exact) mass is 416 g/mol. The number of carbonyl (C=O) groups is 2. The van der Waals surface area contributed by atoms with Crippen LogP contribution >= 0.6 is 0 Å². The lowest BCUT2D eigenvalue weighted by atomic mass is 9.95. The van der Waals surface area contributed by atoms with E-state index in [1.165, 1.54) is 11.1 Å². The molecule has 1 aliphatic heterocycles. The topological polar surface area (TPSA) is 84.0 Å². The van der Waals surface area contributed by atoms with Crippen LogP contribution in [0.5, 0.6) is 5.75 Å². The Balaban J connectivity index is 1.51. The smallest absolute Gasteiger partial charge is 0.279 e.